The highest BCUT2D eigenvalue weighted by molar-refractivity contribution is 6.26. The van der Waals surface area contributed by atoms with E-state index in [0.29, 0.717) is 34.9 Å². The molecule has 5 aromatic heterocycles. The number of hydrogen-bond donors (Lipinski definition) is 0. The molecule has 0 fully saturated rings. The first-order chi connectivity index (χ1) is 61.4. The molecule has 0 unspecified atom stereocenters. The van der Waals surface area contributed by atoms with Crippen molar-refractivity contribution in [1.29, 1.82) is 0 Å². The Morgan fingerprint density at radius 2 is 0.540 bits per heavy atom. The van der Waals surface area contributed by atoms with Gasteiger partial charge in [0.1, 0.15) is 22.3 Å². The molecule has 24 aromatic rings. The van der Waals surface area contributed by atoms with E-state index in [1.165, 1.54) is 87.5 Å². The molecule has 9 heteroatoms. The summed E-state index contributed by atoms with van der Waals surface area (Å²) in [6, 6.07) is 152. The second-order valence-corrected chi connectivity index (χ2v) is 31.8. The number of aromatic nitrogens is 7. The van der Waals surface area contributed by atoms with Crippen LogP contribution in [0.1, 0.15) is 22.3 Å². The van der Waals surface area contributed by atoms with Gasteiger partial charge in [-0.15, -0.1) is 0 Å². The third kappa shape index (κ3) is 11.9. The van der Waals surface area contributed by atoms with Gasteiger partial charge in [-0.05, 0) is 184 Å². The summed E-state index contributed by atoms with van der Waals surface area (Å²) in [5.74, 6) is 3.62. The molecule has 0 aliphatic heterocycles. The van der Waals surface area contributed by atoms with E-state index in [2.05, 4.69) is 375 Å². The highest BCUT2D eigenvalue weighted by Crippen LogP contribution is 2.58. The number of nitrogens with zero attached hydrogens (tertiary/aromatic N) is 7. The van der Waals surface area contributed by atoms with Crippen LogP contribution >= 0.6 is 0 Å². The zero-order valence-electron chi connectivity index (χ0n) is 66.9. The Labute approximate surface area is 713 Å². The zero-order chi connectivity index (χ0) is 81.8. The minimum atomic E-state index is -0.551. The Morgan fingerprint density at radius 3 is 1.09 bits per heavy atom. The normalized spacial score (nSPS) is 12.3. The minimum Gasteiger partial charge on any atom is -0.456 e. The van der Waals surface area contributed by atoms with Gasteiger partial charge in [-0.1, -0.05) is 346 Å². The Hall–Kier alpha value is -16.6. The van der Waals surface area contributed by atoms with E-state index in [9.17, 15) is 0 Å². The molecule has 1 aliphatic carbocycles. The van der Waals surface area contributed by atoms with Gasteiger partial charge in [-0.25, -0.2) is 29.9 Å². The van der Waals surface area contributed by atoms with Crippen LogP contribution in [0, 0.1) is 0 Å². The SMILES string of the molecule is c1ccc(-c2nc(-c3ccc4c(c3)oc3ccc(-c5ccc6c(c5)c5ccccc5n6-c5ccccc5)cc34)nc(-c3cccc4c3-c3ccccc3C4(c3ccccc3)c3ccccc3)n2)cc1.c1ccc(-c2nc(-c3ccc4c(c3)oc3ccc(-c5ccc6c7ccccc7c7ccccc7c6c5)cc34)nc(-c3ccccc3-c3ccccc3)n2)cc1. The number of hydrogen-bond acceptors (Lipinski definition) is 8. The summed E-state index contributed by atoms with van der Waals surface area (Å²) < 4.78 is 15.5. The lowest BCUT2D eigenvalue weighted by molar-refractivity contribution is 0.668. The van der Waals surface area contributed by atoms with Crippen molar-refractivity contribution in [1.82, 2.24) is 34.5 Å². The van der Waals surface area contributed by atoms with Gasteiger partial charge in [0.15, 0.2) is 34.9 Å². The largest absolute Gasteiger partial charge is 0.456 e. The van der Waals surface area contributed by atoms with Crippen LogP contribution in [-0.2, 0) is 5.41 Å². The molecule has 9 nitrogen and oxygen atoms in total. The topological polar surface area (TPSA) is 109 Å². The second kappa shape index (κ2) is 29.4. The molecule has 0 spiro atoms. The van der Waals surface area contributed by atoms with E-state index in [1.54, 1.807) is 0 Å². The molecule has 0 saturated carbocycles. The maximum absolute atomic E-state index is 6.65. The van der Waals surface area contributed by atoms with Crippen LogP contribution in [0.2, 0.25) is 0 Å². The molecule has 19 aromatic carbocycles. The monoisotopic (exact) mass is 1580 g/mol. The Morgan fingerprint density at radius 1 is 0.185 bits per heavy atom. The molecule has 1 aliphatic rings. The van der Waals surface area contributed by atoms with E-state index in [0.717, 1.165) is 116 Å². The lowest BCUT2D eigenvalue weighted by Gasteiger charge is -2.33. The van der Waals surface area contributed by atoms with Gasteiger partial charge < -0.3 is 13.4 Å². The fraction of sp³-hybridized carbons (Fsp3) is 0.00870. The van der Waals surface area contributed by atoms with Gasteiger partial charge in [0, 0.05) is 71.4 Å². The van der Waals surface area contributed by atoms with Gasteiger partial charge in [-0.2, -0.15) is 0 Å². The van der Waals surface area contributed by atoms with Crippen molar-refractivity contribution in [3.05, 3.63) is 453 Å². The molecule has 578 valence electrons. The maximum Gasteiger partial charge on any atom is 0.164 e. The third-order valence-corrected chi connectivity index (χ3v) is 24.9. The van der Waals surface area contributed by atoms with Crippen LogP contribution in [0.15, 0.2) is 440 Å². The highest BCUT2D eigenvalue weighted by Gasteiger charge is 2.47. The van der Waals surface area contributed by atoms with Crippen molar-refractivity contribution in [2.75, 3.05) is 0 Å². The summed E-state index contributed by atoms with van der Waals surface area (Å²) >= 11 is 0. The first kappa shape index (κ1) is 71.5. The number of fused-ring (bicyclic) bond motifs is 18. The number of para-hydroxylation sites is 2. The average Bonchev–Trinajstić information content (AvgIpc) is 1.53. The quantitative estimate of drug-likeness (QED) is 0.111. The molecule has 124 heavy (non-hydrogen) atoms. The zero-order valence-corrected chi connectivity index (χ0v) is 66.9. The smallest absolute Gasteiger partial charge is 0.164 e. The van der Waals surface area contributed by atoms with E-state index < -0.39 is 5.41 Å². The van der Waals surface area contributed by atoms with Crippen molar-refractivity contribution in [2.45, 2.75) is 5.41 Å². The second-order valence-electron chi connectivity index (χ2n) is 31.8. The van der Waals surface area contributed by atoms with Crippen LogP contribution in [-0.4, -0.2) is 34.5 Å². The lowest BCUT2D eigenvalue weighted by Crippen LogP contribution is -2.28. The number of benzene rings is 19. The number of furan rings is 2. The van der Waals surface area contributed by atoms with Gasteiger partial charge in [0.25, 0.3) is 0 Å². The summed E-state index contributed by atoms with van der Waals surface area (Å²) in [4.78, 5) is 31.0. The summed E-state index contributed by atoms with van der Waals surface area (Å²) in [6.07, 6.45) is 0. The molecule has 25 rings (SSSR count). The van der Waals surface area contributed by atoms with Gasteiger partial charge in [0.05, 0.1) is 16.4 Å². The third-order valence-electron chi connectivity index (χ3n) is 24.9. The Kier molecular flexibility index (Phi) is 17.0. The fourth-order valence-corrected chi connectivity index (χ4v) is 19.2. The molecular weight excluding hydrogens is 1510 g/mol. The Balaban J connectivity index is 0.000000143. The summed E-state index contributed by atoms with van der Waals surface area (Å²) in [7, 11) is 0. The fourth-order valence-electron chi connectivity index (χ4n) is 19.2. The predicted octanol–water partition coefficient (Wildman–Crippen LogP) is 29.5. The Bertz CT molecular complexity index is 8280. The first-order valence-corrected chi connectivity index (χ1v) is 41.9. The van der Waals surface area contributed by atoms with E-state index in [4.69, 9.17) is 38.7 Å². The lowest BCUT2D eigenvalue weighted by atomic mass is 9.67. The first-order valence-electron chi connectivity index (χ1n) is 41.9. The molecule has 0 saturated heterocycles. The minimum absolute atomic E-state index is 0.551. The standard InChI is InChI=1S/C64H40N4O.C51H31N3O/c1-5-18-41(19-6-1)61-65-62(67-63(66-61)51-28-17-30-55-60(51)50-27-13-15-29-54(50)64(55,45-20-7-2-8-21-45)46-22-9-3-10-23-46)44-32-35-49-53-39-43(34-37-58(53)69-59(49)40-44)42-33-36-57-52(38-42)48-26-14-16-31-56(48)68(57)47-24-11-4-12-25-47;1-3-13-32(14-4-1)37-17-7-12-22-44(37)51-53-49(33-15-5-2-6-16-33)52-50(54-51)36-24-27-43-46-30-35(25-28-47(46)55-48(43)31-36)34-23-26-42-40-20-9-8-18-38(40)39-19-10-11-21-41(39)45(42)29-34/h1-40H;1-31H. The van der Waals surface area contributed by atoms with Gasteiger partial charge >= 0.3 is 0 Å². The summed E-state index contributed by atoms with van der Waals surface area (Å²) in [6.45, 7) is 0. The molecule has 0 atom stereocenters. The van der Waals surface area contributed by atoms with E-state index in [1.807, 2.05) is 60.7 Å². The van der Waals surface area contributed by atoms with Gasteiger partial charge in [0.2, 0.25) is 0 Å². The van der Waals surface area contributed by atoms with Crippen molar-refractivity contribution in [3.8, 4) is 119 Å². The van der Waals surface area contributed by atoms with Crippen LogP contribution in [0.4, 0.5) is 0 Å². The molecule has 0 bridgehead atoms. The maximum atomic E-state index is 6.65. The van der Waals surface area contributed by atoms with E-state index in [-0.39, 0.29) is 0 Å². The highest BCUT2D eigenvalue weighted by atomic mass is 16.3. The van der Waals surface area contributed by atoms with Crippen molar-refractivity contribution in [2.24, 2.45) is 0 Å². The number of rotatable bonds is 12. The van der Waals surface area contributed by atoms with Gasteiger partial charge in [-0.3, -0.25) is 0 Å². The summed E-state index contributed by atoms with van der Waals surface area (Å²) in [5.41, 5.74) is 25.5. The van der Waals surface area contributed by atoms with Crippen LogP contribution in [0.25, 0.3) is 217 Å². The molecular formula is C115H71N7O2. The predicted molar refractivity (Wildman–Crippen MR) is 507 cm³/mol. The summed E-state index contributed by atoms with van der Waals surface area (Å²) in [5, 5.41) is 14.3. The molecule has 5 heterocycles. The van der Waals surface area contributed by atoms with Crippen LogP contribution in [0.3, 0.4) is 0 Å². The molecule has 0 N–H and O–H groups in total. The molecule has 0 amide bonds. The van der Waals surface area contributed by atoms with Crippen molar-refractivity contribution < 1.29 is 8.83 Å². The molecule has 0 radical (unpaired) electrons. The van der Waals surface area contributed by atoms with Crippen LogP contribution < -0.4 is 0 Å². The van der Waals surface area contributed by atoms with E-state index >= 15 is 0 Å². The van der Waals surface area contributed by atoms with Crippen molar-refractivity contribution in [3.63, 3.8) is 0 Å². The average molecular weight is 1580 g/mol. The van der Waals surface area contributed by atoms with Crippen LogP contribution in [0.5, 0.6) is 0 Å². The van der Waals surface area contributed by atoms with Crippen molar-refractivity contribution >= 4 is 98.0 Å².